The maximum Gasteiger partial charge on any atom is 0.126 e. The van der Waals surface area contributed by atoms with Crippen LogP contribution in [0.25, 0.3) is 5.69 Å². The normalized spacial score (nSPS) is 12.3. The van der Waals surface area contributed by atoms with Crippen LogP contribution in [0.15, 0.2) is 60.8 Å². The number of aryl methyl sites for hydroxylation is 1. The van der Waals surface area contributed by atoms with Crippen LogP contribution in [0.5, 0.6) is 0 Å². The van der Waals surface area contributed by atoms with Gasteiger partial charge in [-0.1, -0.05) is 30.3 Å². The van der Waals surface area contributed by atoms with Gasteiger partial charge in [0, 0.05) is 6.20 Å². The second-order valence-electron chi connectivity index (χ2n) is 4.91. The Morgan fingerprint density at radius 3 is 2.57 bits per heavy atom. The highest BCUT2D eigenvalue weighted by atomic mass is 19.1. The average molecular weight is 282 g/mol. The smallest absolute Gasteiger partial charge is 0.126 e. The van der Waals surface area contributed by atoms with E-state index >= 15 is 0 Å². The van der Waals surface area contributed by atoms with Gasteiger partial charge in [0.15, 0.2) is 0 Å². The van der Waals surface area contributed by atoms with Gasteiger partial charge in [0.05, 0.1) is 11.4 Å². The lowest BCUT2D eigenvalue weighted by atomic mass is 10.0. The van der Waals surface area contributed by atoms with Crippen molar-refractivity contribution in [2.24, 2.45) is 0 Å². The topological polar surface area (TPSA) is 38.1 Å². The number of benzene rings is 2. The fourth-order valence-electron chi connectivity index (χ4n) is 2.31. The lowest BCUT2D eigenvalue weighted by Crippen LogP contribution is -2.09. The molecule has 4 heteroatoms. The summed E-state index contributed by atoms with van der Waals surface area (Å²) in [6, 6.07) is 16.0. The van der Waals surface area contributed by atoms with Crippen molar-refractivity contribution in [2.45, 2.75) is 13.0 Å². The maximum absolute atomic E-state index is 13.3. The van der Waals surface area contributed by atoms with E-state index in [-0.39, 0.29) is 5.82 Å². The van der Waals surface area contributed by atoms with Crippen molar-refractivity contribution in [1.29, 1.82) is 0 Å². The van der Waals surface area contributed by atoms with Crippen molar-refractivity contribution in [3.05, 3.63) is 83.4 Å². The minimum Gasteiger partial charge on any atom is -0.382 e. The Hall–Kier alpha value is -2.46. The van der Waals surface area contributed by atoms with E-state index < -0.39 is 6.10 Å². The summed E-state index contributed by atoms with van der Waals surface area (Å²) in [5, 5.41) is 14.8. The number of nitrogens with zero attached hydrogens (tertiary/aromatic N) is 2. The Balaban J connectivity index is 2.01. The van der Waals surface area contributed by atoms with Gasteiger partial charge >= 0.3 is 0 Å². The summed E-state index contributed by atoms with van der Waals surface area (Å²) < 4.78 is 15.0. The quantitative estimate of drug-likeness (QED) is 0.799. The zero-order valence-corrected chi connectivity index (χ0v) is 11.6. The van der Waals surface area contributed by atoms with Gasteiger partial charge in [0.2, 0.25) is 0 Å². The second kappa shape index (κ2) is 5.50. The highest BCUT2D eigenvalue weighted by Crippen LogP contribution is 2.25. The van der Waals surface area contributed by atoms with Crippen molar-refractivity contribution in [3.63, 3.8) is 0 Å². The fourth-order valence-corrected chi connectivity index (χ4v) is 2.31. The van der Waals surface area contributed by atoms with Gasteiger partial charge in [-0.05, 0) is 42.3 Å². The van der Waals surface area contributed by atoms with E-state index in [1.54, 1.807) is 36.0 Å². The van der Waals surface area contributed by atoms with Crippen molar-refractivity contribution < 1.29 is 9.50 Å². The first-order valence-electron chi connectivity index (χ1n) is 6.70. The molecule has 0 aliphatic heterocycles. The third kappa shape index (κ3) is 2.58. The molecule has 0 saturated heterocycles. The number of aliphatic hydroxyl groups excluding tert-OH is 1. The van der Waals surface area contributed by atoms with Crippen LogP contribution in [-0.4, -0.2) is 14.9 Å². The van der Waals surface area contributed by atoms with E-state index in [2.05, 4.69) is 5.10 Å². The Morgan fingerprint density at radius 1 is 1.10 bits per heavy atom. The number of hydrogen-bond donors (Lipinski definition) is 1. The Bertz CT molecular complexity index is 752. The Kier molecular flexibility index (Phi) is 3.54. The molecule has 0 saturated carbocycles. The van der Waals surface area contributed by atoms with Crippen LogP contribution < -0.4 is 0 Å². The van der Waals surface area contributed by atoms with Gasteiger partial charge in [0.1, 0.15) is 11.9 Å². The number of hydrogen-bond acceptors (Lipinski definition) is 2. The molecule has 0 aliphatic carbocycles. The molecule has 1 unspecified atom stereocenters. The summed E-state index contributed by atoms with van der Waals surface area (Å²) >= 11 is 0. The van der Waals surface area contributed by atoms with E-state index in [4.69, 9.17) is 0 Å². The molecule has 1 aromatic heterocycles. The summed E-state index contributed by atoms with van der Waals surface area (Å²) in [5.41, 5.74) is 2.67. The molecule has 1 atom stereocenters. The molecule has 0 radical (unpaired) electrons. The summed E-state index contributed by atoms with van der Waals surface area (Å²) in [4.78, 5) is 0. The first kappa shape index (κ1) is 13.5. The number of halogens is 1. The van der Waals surface area contributed by atoms with E-state index in [9.17, 15) is 9.50 Å². The Morgan fingerprint density at radius 2 is 1.86 bits per heavy atom. The molecule has 106 valence electrons. The lowest BCUT2D eigenvalue weighted by molar-refractivity contribution is 0.212. The highest BCUT2D eigenvalue weighted by Gasteiger charge is 2.17. The molecule has 0 bridgehead atoms. The third-order valence-corrected chi connectivity index (χ3v) is 3.45. The molecule has 0 amide bonds. The molecular weight excluding hydrogens is 267 g/mol. The molecule has 21 heavy (non-hydrogen) atoms. The van der Waals surface area contributed by atoms with Crippen LogP contribution in [0.3, 0.4) is 0 Å². The largest absolute Gasteiger partial charge is 0.382 e. The second-order valence-corrected chi connectivity index (χ2v) is 4.91. The minimum atomic E-state index is -0.855. The maximum atomic E-state index is 13.3. The van der Waals surface area contributed by atoms with Gasteiger partial charge in [-0.3, -0.25) is 0 Å². The van der Waals surface area contributed by atoms with Gasteiger partial charge in [-0.15, -0.1) is 0 Å². The van der Waals surface area contributed by atoms with Crippen LogP contribution >= 0.6 is 0 Å². The summed E-state index contributed by atoms with van der Waals surface area (Å²) in [6.45, 7) is 1.68. The van der Waals surface area contributed by atoms with Crippen LogP contribution in [0.4, 0.5) is 4.39 Å². The SMILES string of the molecule is Cc1cc(C(O)c2ccnn2-c2ccccc2)ccc1F. The molecule has 1 heterocycles. The lowest BCUT2D eigenvalue weighted by Gasteiger charge is -2.14. The average Bonchev–Trinajstić information content (AvgIpc) is 2.99. The molecule has 0 aliphatic rings. The van der Waals surface area contributed by atoms with Gasteiger partial charge in [-0.25, -0.2) is 9.07 Å². The van der Waals surface area contributed by atoms with E-state index in [0.717, 1.165) is 5.69 Å². The zero-order chi connectivity index (χ0) is 14.8. The van der Waals surface area contributed by atoms with Crippen molar-refractivity contribution in [2.75, 3.05) is 0 Å². The molecule has 3 rings (SSSR count). The van der Waals surface area contributed by atoms with Gasteiger partial charge in [0.25, 0.3) is 0 Å². The molecule has 0 fully saturated rings. The zero-order valence-electron chi connectivity index (χ0n) is 11.6. The van der Waals surface area contributed by atoms with Gasteiger partial charge < -0.3 is 5.11 Å². The van der Waals surface area contributed by atoms with Crippen molar-refractivity contribution >= 4 is 0 Å². The van der Waals surface area contributed by atoms with Gasteiger partial charge in [-0.2, -0.15) is 5.10 Å². The standard InChI is InChI=1S/C17H15FN2O/c1-12-11-13(7-8-15(12)18)17(21)16-9-10-19-20(16)14-5-3-2-4-6-14/h2-11,17,21H,1H3. The molecule has 1 N–H and O–H groups in total. The molecule has 3 nitrogen and oxygen atoms in total. The summed E-state index contributed by atoms with van der Waals surface area (Å²) in [7, 11) is 0. The Labute approximate surface area is 122 Å². The van der Waals surface area contributed by atoms with Crippen molar-refractivity contribution in [1.82, 2.24) is 9.78 Å². The first-order chi connectivity index (χ1) is 10.2. The van der Waals surface area contributed by atoms with Crippen LogP contribution in [-0.2, 0) is 0 Å². The molecule has 0 spiro atoms. The fraction of sp³-hybridized carbons (Fsp3) is 0.118. The monoisotopic (exact) mass is 282 g/mol. The van der Waals surface area contributed by atoms with Crippen LogP contribution in [0, 0.1) is 12.7 Å². The molecule has 2 aromatic carbocycles. The van der Waals surface area contributed by atoms with Crippen LogP contribution in [0.2, 0.25) is 0 Å². The van der Waals surface area contributed by atoms with E-state index in [1.165, 1.54) is 6.07 Å². The van der Waals surface area contributed by atoms with E-state index in [0.29, 0.717) is 16.8 Å². The van der Waals surface area contributed by atoms with E-state index in [1.807, 2.05) is 30.3 Å². The number of aromatic nitrogens is 2. The molecular formula is C17H15FN2O. The van der Waals surface area contributed by atoms with Crippen molar-refractivity contribution in [3.8, 4) is 5.69 Å². The number of para-hydroxylation sites is 1. The molecule has 3 aromatic rings. The summed E-state index contributed by atoms with van der Waals surface area (Å²) in [6.07, 6.45) is 0.786. The predicted octanol–water partition coefficient (Wildman–Crippen LogP) is 3.40. The number of aliphatic hydroxyl groups is 1. The summed E-state index contributed by atoms with van der Waals surface area (Å²) in [5.74, 6) is -0.275. The predicted molar refractivity (Wildman–Crippen MR) is 78.8 cm³/mol. The highest BCUT2D eigenvalue weighted by molar-refractivity contribution is 5.36. The minimum absolute atomic E-state index is 0.275. The third-order valence-electron chi connectivity index (χ3n) is 3.45. The number of rotatable bonds is 3. The first-order valence-corrected chi connectivity index (χ1v) is 6.70. The van der Waals surface area contributed by atoms with Crippen LogP contribution in [0.1, 0.15) is 22.9 Å².